The second-order valence-electron chi connectivity index (χ2n) is 8.13. The van der Waals surface area contributed by atoms with Crippen LogP contribution in [0.4, 0.5) is 6.01 Å². The van der Waals surface area contributed by atoms with Crippen molar-refractivity contribution >= 4 is 22.7 Å². The van der Waals surface area contributed by atoms with Gasteiger partial charge in [0.1, 0.15) is 0 Å². The number of hydrogen-bond donors (Lipinski definition) is 1. The van der Waals surface area contributed by atoms with Crippen LogP contribution >= 0.6 is 0 Å². The number of Topliss-reactive ketones (excluding diaryl/α,β-unsaturated/α-hetero) is 1. The second-order valence-corrected chi connectivity index (χ2v) is 8.13. The molecule has 1 unspecified atom stereocenters. The van der Waals surface area contributed by atoms with Crippen molar-refractivity contribution in [2.24, 2.45) is 5.92 Å². The van der Waals surface area contributed by atoms with E-state index in [-0.39, 0.29) is 11.7 Å². The number of aromatic amines is 1. The van der Waals surface area contributed by atoms with Gasteiger partial charge in [0.2, 0.25) is 0 Å². The van der Waals surface area contributed by atoms with E-state index >= 15 is 0 Å². The Labute approximate surface area is 171 Å². The highest BCUT2D eigenvalue weighted by molar-refractivity contribution is 5.93. The number of oxazole rings is 1. The maximum atomic E-state index is 12.7. The molecule has 2 aromatic heterocycles. The summed E-state index contributed by atoms with van der Waals surface area (Å²) < 4.78 is 5.83. The molecule has 6 nitrogen and oxygen atoms in total. The van der Waals surface area contributed by atoms with Crippen LogP contribution in [0.5, 0.6) is 0 Å². The Hall–Kier alpha value is -2.60. The lowest BCUT2D eigenvalue weighted by atomic mass is 9.95. The van der Waals surface area contributed by atoms with Gasteiger partial charge in [-0.3, -0.25) is 9.69 Å². The highest BCUT2D eigenvalue weighted by atomic mass is 16.4. The van der Waals surface area contributed by atoms with Gasteiger partial charge in [-0.25, -0.2) is 4.98 Å². The Balaban J connectivity index is 1.33. The average molecular weight is 395 g/mol. The maximum Gasteiger partial charge on any atom is 0.297 e. The first kappa shape index (κ1) is 19.7. The molecular weight excluding hydrogens is 364 g/mol. The summed E-state index contributed by atoms with van der Waals surface area (Å²) >= 11 is 0. The fourth-order valence-electron chi connectivity index (χ4n) is 4.18. The molecule has 0 saturated carbocycles. The van der Waals surface area contributed by atoms with Gasteiger partial charge in [0.05, 0.1) is 6.20 Å². The number of para-hydroxylation sites is 1. The van der Waals surface area contributed by atoms with E-state index in [9.17, 15) is 4.79 Å². The highest BCUT2D eigenvalue weighted by Crippen LogP contribution is 2.24. The molecule has 1 fully saturated rings. The standard InChI is InChI=1S/C23H30N4O2/c1-3-8-26-9-11-27(12-10-26)23-25-16-22(29-23)21(28)14-17(2)13-18-15-24-20-7-5-4-6-19(18)20/h4-7,15-17,24H,3,8-14H2,1-2H3. The van der Waals surface area contributed by atoms with Crippen molar-refractivity contribution in [2.75, 3.05) is 37.6 Å². The van der Waals surface area contributed by atoms with Crippen LogP contribution in [0.3, 0.4) is 0 Å². The molecule has 3 aromatic rings. The van der Waals surface area contributed by atoms with Crippen LogP contribution in [0.1, 0.15) is 42.8 Å². The topological polar surface area (TPSA) is 65.4 Å². The SMILES string of the molecule is CCCN1CCN(c2ncc(C(=O)CC(C)Cc3c[nH]c4ccccc34)o2)CC1. The number of fused-ring (bicyclic) bond motifs is 1. The van der Waals surface area contributed by atoms with Gasteiger partial charge in [-0.05, 0) is 36.9 Å². The molecule has 1 aromatic carbocycles. The fraction of sp³-hybridized carbons (Fsp3) is 0.478. The zero-order valence-corrected chi connectivity index (χ0v) is 17.4. The van der Waals surface area contributed by atoms with E-state index in [4.69, 9.17) is 4.42 Å². The van der Waals surface area contributed by atoms with Gasteiger partial charge >= 0.3 is 0 Å². The summed E-state index contributed by atoms with van der Waals surface area (Å²) in [6.07, 6.45) is 6.13. The Morgan fingerprint density at radius 3 is 2.83 bits per heavy atom. The lowest BCUT2D eigenvalue weighted by molar-refractivity contribution is 0.0937. The molecule has 0 amide bonds. The first-order valence-electron chi connectivity index (χ1n) is 10.7. The van der Waals surface area contributed by atoms with Crippen molar-refractivity contribution in [3.63, 3.8) is 0 Å². The predicted octanol–water partition coefficient (Wildman–Crippen LogP) is 4.14. The summed E-state index contributed by atoms with van der Waals surface area (Å²) in [5, 5.41) is 1.23. The van der Waals surface area contributed by atoms with Crippen molar-refractivity contribution in [3.05, 3.63) is 48.0 Å². The van der Waals surface area contributed by atoms with E-state index in [1.165, 1.54) is 17.4 Å². The molecular formula is C23H30N4O2. The van der Waals surface area contributed by atoms with Crippen LogP contribution in [-0.4, -0.2) is 53.4 Å². The summed E-state index contributed by atoms with van der Waals surface area (Å²) in [4.78, 5) is 25.0. The van der Waals surface area contributed by atoms with E-state index in [0.717, 1.165) is 44.7 Å². The zero-order valence-electron chi connectivity index (χ0n) is 17.4. The van der Waals surface area contributed by atoms with Gasteiger partial charge in [-0.15, -0.1) is 0 Å². The van der Waals surface area contributed by atoms with E-state index in [0.29, 0.717) is 18.2 Å². The van der Waals surface area contributed by atoms with Crippen molar-refractivity contribution in [2.45, 2.75) is 33.1 Å². The lowest BCUT2D eigenvalue weighted by Gasteiger charge is -2.33. The largest absolute Gasteiger partial charge is 0.420 e. The third kappa shape index (κ3) is 4.53. The number of carbonyl (C=O) groups excluding carboxylic acids is 1. The molecule has 3 heterocycles. The Bertz CT molecular complexity index is 953. The molecule has 29 heavy (non-hydrogen) atoms. The van der Waals surface area contributed by atoms with Crippen molar-refractivity contribution < 1.29 is 9.21 Å². The number of piperazine rings is 1. The Morgan fingerprint density at radius 1 is 1.24 bits per heavy atom. The number of rotatable bonds is 8. The van der Waals surface area contributed by atoms with E-state index in [1.54, 1.807) is 6.20 Å². The lowest BCUT2D eigenvalue weighted by Crippen LogP contribution is -2.46. The van der Waals surface area contributed by atoms with Gasteiger partial charge in [0.25, 0.3) is 6.01 Å². The third-order valence-electron chi connectivity index (χ3n) is 5.73. The molecule has 1 aliphatic heterocycles. The number of aromatic nitrogens is 2. The van der Waals surface area contributed by atoms with Crippen LogP contribution in [0, 0.1) is 5.92 Å². The number of hydrogen-bond acceptors (Lipinski definition) is 5. The smallest absolute Gasteiger partial charge is 0.297 e. The zero-order chi connectivity index (χ0) is 20.2. The second kappa shape index (κ2) is 8.82. The van der Waals surface area contributed by atoms with Gasteiger partial charge in [-0.1, -0.05) is 32.0 Å². The molecule has 0 aliphatic carbocycles. The van der Waals surface area contributed by atoms with Gasteiger partial charge in [-0.2, -0.15) is 0 Å². The number of benzene rings is 1. The Morgan fingerprint density at radius 2 is 2.03 bits per heavy atom. The molecule has 0 spiro atoms. The summed E-state index contributed by atoms with van der Waals surface area (Å²) in [5.41, 5.74) is 2.39. The molecule has 1 saturated heterocycles. The minimum absolute atomic E-state index is 0.0284. The minimum atomic E-state index is 0.0284. The molecule has 0 bridgehead atoms. The number of nitrogens with one attached hydrogen (secondary N) is 1. The number of nitrogens with zero attached hydrogens (tertiary/aromatic N) is 3. The first-order chi connectivity index (χ1) is 14.1. The summed E-state index contributed by atoms with van der Waals surface area (Å²) in [6, 6.07) is 8.86. The van der Waals surface area contributed by atoms with Crippen LogP contribution in [0.2, 0.25) is 0 Å². The van der Waals surface area contributed by atoms with E-state index in [1.807, 2.05) is 12.1 Å². The molecule has 4 rings (SSSR count). The van der Waals surface area contributed by atoms with Gasteiger partial charge in [0, 0.05) is 49.7 Å². The van der Waals surface area contributed by atoms with Gasteiger partial charge < -0.3 is 14.3 Å². The summed E-state index contributed by atoms with van der Waals surface area (Å²) in [7, 11) is 0. The summed E-state index contributed by atoms with van der Waals surface area (Å²) in [5.74, 6) is 0.635. The number of H-pyrrole nitrogens is 1. The Kier molecular flexibility index (Phi) is 6.00. The van der Waals surface area contributed by atoms with E-state index in [2.05, 4.69) is 51.9 Å². The molecule has 154 valence electrons. The monoisotopic (exact) mass is 394 g/mol. The highest BCUT2D eigenvalue weighted by Gasteiger charge is 2.22. The van der Waals surface area contributed by atoms with Gasteiger partial charge in [0.15, 0.2) is 11.5 Å². The van der Waals surface area contributed by atoms with Crippen molar-refractivity contribution in [3.8, 4) is 0 Å². The maximum absolute atomic E-state index is 12.7. The summed E-state index contributed by atoms with van der Waals surface area (Å²) in [6.45, 7) is 9.28. The number of anilines is 1. The molecule has 0 radical (unpaired) electrons. The van der Waals surface area contributed by atoms with Crippen molar-refractivity contribution in [1.82, 2.24) is 14.9 Å². The molecule has 1 aliphatic rings. The van der Waals surface area contributed by atoms with Crippen LogP contribution < -0.4 is 4.90 Å². The molecule has 6 heteroatoms. The minimum Gasteiger partial charge on any atom is -0.420 e. The van der Waals surface area contributed by atoms with Crippen LogP contribution in [0.15, 0.2) is 41.1 Å². The first-order valence-corrected chi connectivity index (χ1v) is 10.7. The quantitative estimate of drug-likeness (QED) is 0.582. The normalized spacial score (nSPS) is 16.4. The molecule has 1 atom stereocenters. The van der Waals surface area contributed by atoms with Crippen LogP contribution in [-0.2, 0) is 6.42 Å². The van der Waals surface area contributed by atoms with E-state index < -0.39 is 0 Å². The molecule has 1 N–H and O–H groups in total. The predicted molar refractivity (Wildman–Crippen MR) is 116 cm³/mol. The number of carbonyl (C=O) groups is 1. The van der Waals surface area contributed by atoms with Crippen molar-refractivity contribution in [1.29, 1.82) is 0 Å². The number of ketones is 1. The fourth-order valence-corrected chi connectivity index (χ4v) is 4.18. The average Bonchev–Trinajstić information content (AvgIpc) is 3.37. The third-order valence-corrected chi connectivity index (χ3v) is 5.73. The van der Waals surface area contributed by atoms with Crippen LogP contribution in [0.25, 0.3) is 10.9 Å².